The summed E-state index contributed by atoms with van der Waals surface area (Å²) in [6.07, 6.45) is 5.30. The summed E-state index contributed by atoms with van der Waals surface area (Å²) in [6.45, 7) is 1.88. The van der Waals surface area contributed by atoms with Gasteiger partial charge in [0.1, 0.15) is 0 Å². The highest BCUT2D eigenvalue weighted by Crippen LogP contribution is 2.14. The van der Waals surface area contributed by atoms with Gasteiger partial charge in [0.05, 0.1) is 23.6 Å². The fourth-order valence-electron chi connectivity index (χ4n) is 1.95. The van der Waals surface area contributed by atoms with Gasteiger partial charge in [0, 0.05) is 17.1 Å². The van der Waals surface area contributed by atoms with Crippen LogP contribution in [0.15, 0.2) is 47.8 Å². The van der Waals surface area contributed by atoms with E-state index >= 15 is 0 Å². The maximum absolute atomic E-state index is 5.74. The number of hydrogen-bond donors (Lipinski definition) is 1. The normalized spacial score (nSPS) is 11.4. The highest BCUT2D eigenvalue weighted by atomic mass is 15.4. The van der Waals surface area contributed by atoms with Crippen LogP contribution in [0.5, 0.6) is 0 Å². The molecule has 0 fully saturated rings. The summed E-state index contributed by atoms with van der Waals surface area (Å²) in [6, 6.07) is 9.91. The van der Waals surface area contributed by atoms with E-state index in [2.05, 4.69) is 15.1 Å². The van der Waals surface area contributed by atoms with Crippen molar-refractivity contribution < 1.29 is 0 Å². The third kappa shape index (κ3) is 2.18. The average Bonchev–Trinajstić information content (AvgIpc) is 2.74. The zero-order chi connectivity index (χ0) is 13.2. The molecular weight excluding hydrogens is 238 g/mol. The summed E-state index contributed by atoms with van der Waals surface area (Å²) >= 11 is 0. The summed E-state index contributed by atoms with van der Waals surface area (Å²) < 4.78 is 1.55. The minimum Gasteiger partial charge on any atom is -0.368 e. The van der Waals surface area contributed by atoms with Gasteiger partial charge in [-0.3, -0.25) is 4.98 Å². The SMILES string of the molecule is Cc1cn(N=Cc2cccc3cccnc23)c(N)n1. The van der Waals surface area contributed by atoms with Crippen molar-refractivity contribution in [1.29, 1.82) is 0 Å². The number of rotatable bonds is 2. The van der Waals surface area contributed by atoms with Crippen LogP contribution >= 0.6 is 0 Å². The second-order valence-corrected chi connectivity index (χ2v) is 4.25. The van der Waals surface area contributed by atoms with Crippen LogP contribution in [0.1, 0.15) is 11.3 Å². The Morgan fingerprint density at radius 3 is 2.89 bits per heavy atom. The van der Waals surface area contributed by atoms with Crippen molar-refractivity contribution in [2.24, 2.45) is 5.10 Å². The standard InChI is InChI=1S/C14H13N5/c1-10-9-19(14(15)18-10)17-8-12-5-2-4-11-6-3-7-16-13(11)12/h2-9H,1H3,(H2,15,18). The maximum atomic E-state index is 5.74. The Morgan fingerprint density at radius 2 is 2.11 bits per heavy atom. The first kappa shape index (κ1) is 11.4. The van der Waals surface area contributed by atoms with Gasteiger partial charge in [-0.25, -0.2) is 9.66 Å². The Kier molecular flexibility index (Phi) is 2.72. The zero-order valence-corrected chi connectivity index (χ0v) is 10.5. The first-order valence-electron chi connectivity index (χ1n) is 5.93. The van der Waals surface area contributed by atoms with Gasteiger partial charge in [-0.2, -0.15) is 5.10 Å². The Labute approximate surface area is 110 Å². The molecular formula is C14H13N5. The molecule has 0 aliphatic heterocycles. The minimum absolute atomic E-state index is 0.377. The van der Waals surface area contributed by atoms with Crippen LogP contribution in [0.4, 0.5) is 5.95 Å². The van der Waals surface area contributed by atoms with Gasteiger partial charge >= 0.3 is 0 Å². The molecule has 0 saturated heterocycles. The van der Waals surface area contributed by atoms with Crippen molar-refractivity contribution in [1.82, 2.24) is 14.6 Å². The van der Waals surface area contributed by atoms with Crippen LogP contribution < -0.4 is 5.73 Å². The Bertz CT molecular complexity index is 752. The third-order valence-corrected chi connectivity index (χ3v) is 2.82. The van der Waals surface area contributed by atoms with E-state index in [9.17, 15) is 0 Å². The molecule has 0 amide bonds. The molecule has 0 bridgehead atoms. The second kappa shape index (κ2) is 4.53. The van der Waals surface area contributed by atoms with Gasteiger partial charge in [-0.15, -0.1) is 0 Å². The Hall–Kier alpha value is -2.69. The number of nitrogens with zero attached hydrogens (tertiary/aromatic N) is 4. The lowest BCUT2D eigenvalue weighted by Gasteiger charge is -2.00. The lowest BCUT2D eigenvalue weighted by atomic mass is 10.1. The van der Waals surface area contributed by atoms with Crippen molar-refractivity contribution in [3.05, 3.63) is 54.0 Å². The van der Waals surface area contributed by atoms with Crippen LogP contribution in [0, 0.1) is 6.92 Å². The summed E-state index contributed by atoms with van der Waals surface area (Å²) in [7, 11) is 0. The zero-order valence-electron chi connectivity index (χ0n) is 10.5. The summed E-state index contributed by atoms with van der Waals surface area (Å²) in [4.78, 5) is 8.47. The van der Waals surface area contributed by atoms with E-state index in [0.29, 0.717) is 5.95 Å². The average molecular weight is 251 g/mol. The number of hydrogen-bond acceptors (Lipinski definition) is 4. The highest BCUT2D eigenvalue weighted by Gasteiger charge is 2.01. The van der Waals surface area contributed by atoms with Gasteiger partial charge in [0.25, 0.3) is 0 Å². The molecule has 5 heteroatoms. The van der Waals surface area contributed by atoms with Crippen LogP contribution in [0.3, 0.4) is 0 Å². The molecule has 0 radical (unpaired) electrons. The van der Waals surface area contributed by atoms with E-state index in [4.69, 9.17) is 5.73 Å². The van der Waals surface area contributed by atoms with Gasteiger partial charge in [-0.05, 0) is 13.0 Å². The Morgan fingerprint density at radius 1 is 1.26 bits per heavy atom. The first-order valence-corrected chi connectivity index (χ1v) is 5.93. The number of para-hydroxylation sites is 1. The fraction of sp³-hybridized carbons (Fsp3) is 0.0714. The van der Waals surface area contributed by atoms with Crippen molar-refractivity contribution in [3.63, 3.8) is 0 Å². The molecule has 94 valence electrons. The van der Waals surface area contributed by atoms with Gasteiger partial charge in [0.2, 0.25) is 5.95 Å². The number of anilines is 1. The lowest BCUT2D eigenvalue weighted by molar-refractivity contribution is 0.897. The number of benzene rings is 1. The summed E-state index contributed by atoms with van der Waals surface area (Å²) in [5.41, 5.74) is 8.45. The lowest BCUT2D eigenvalue weighted by Crippen LogP contribution is -1.97. The molecule has 5 nitrogen and oxygen atoms in total. The predicted molar refractivity (Wildman–Crippen MR) is 76.1 cm³/mol. The minimum atomic E-state index is 0.377. The quantitative estimate of drug-likeness (QED) is 0.710. The molecule has 3 aromatic rings. The number of nitrogens with two attached hydrogens (primary N) is 1. The largest absolute Gasteiger partial charge is 0.368 e. The van der Waals surface area contributed by atoms with Crippen molar-refractivity contribution in [2.75, 3.05) is 5.73 Å². The van der Waals surface area contributed by atoms with Crippen LogP contribution in [0.25, 0.3) is 10.9 Å². The van der Waals surface area contributed by atoms with E-state index in [-0.39, 0.29) is 0 Å². The molecule has 0 atom stereocenters. The topological polar surface area (TPSA) is 69.1 Å². The molecule has 2 N–H and O–H groups in total. The molecule has 2 aromatic heterocycles. The molecule has 0 unspecified atom stereocenters. The summed E-state index contributed by atoms with van der Waals surface area (Å²) in [5, 5.41) is 5.40. The number of pyridine rings is 1. The number of aryl methyl sites for hydroxylation is 1. The van der Waals surface area contributed by atoms with Gasteiger partial charge < -0.3 is 5.73 Å². The van der Waals surface area contributed by atoms with Crippen molar-refractivity contribution >= 4 is 23.1 Å². The molecule has 1 aromatic carbocycles. The maximum Gasteiger partial charge on any atom is 0.221 e. The molecule has 2 heterocycles. The molecule has 19 heavy (non-hydrogen) atoms. The van der Waals surface area contributed by atoms with Crippen molar-refractivity contribution in [2.45, 2.75) is 6.92 Å². The smallest absolute Gasteiger partial charge is 0.221 e. The van der Waals surface area contributed by atoms with Crippen molar-refractivity contribution in [3.8, 4) is 0 Å². The Balaban J connectivity index is 2.04. The van der Waals surface area contributed by atoms with E-state index in [1.807, 2.05) is 37.3 Å². The number of imidazole rings is 1. The molecule has 3 rings (SSSR count). The van der Waals surface area contributed by atoms with Crippen LogP contribution in [0.2, 0.25) is 0 Å². The van der Waals surface area contributed by atoms with E-state index in [1.54, 1.807) is 23.3 Å². The molecule has 0 aliphatic carbocycles. The van der Waals surface area contributed by atoms with Gasteiger partial charge in [0.15, 0.2) is 0 Å². The fourth-order valence-corrected chi connectivity index (χ4v) is 1.95. The first-order chi connectivity index (χ1) is 9.24. The monoisotopic (exact) mass is 251 g/mol. The number of fused-ring (bicyclic) bond motifs is 1. The van der Waals surface area contributed by atoms with Crippen LogP contribution in [-0.2, 0) is 0 Å². The van der Waals surface area contributed by atoms with Gasteiger partial charge in [-0.1, -0.05) is 24.3 Å². The molecule has 0 spiro atoms. The third-order valence-electron chi connectivity index (χ3n) is 2.82. The molecule has 0 aliphatic rings. The van der Waals surface area contributed by atoms with E-state index < -0.39 is 0 Å². The van der Waals surface area contributed by atoms with E-state index in [1.165, 1.54) is 0 Å². The second-order valence-electron chi connectivity index (χ2n) is 4.25. The van der Waals surface area contributed by atoms with Crippen LogP contribution in [-0.4, -0.2) is 20.9 Å². The number of aromatic nitrogens is 3. The molecule has 0 saturated carbocycles. The van der Waals surface area contributed by atoms with E-state index in [0.717, 1.165) is 22.2 Å². The number of nitrogen functional groups attached to an aromatic ring is 1. The summed E-state index contributed by atoms with van der Waals surface area (Å²) in [5.74, 6) is 0.377. The highest BCUT2D eigenvalue weighted by molar-refractivity contribution is 5.97. The predicted octanol–water partition coefficient (Wildman–Crippen LogP) is 2.20.